The second-order valence-corrected chi connectivity index (χ2v) is 6.72. The Morgan fingerprint density at radius 3 is 2.37 bits per heavy atom. The lowest BCUT2D eigenvalue weighted by Crippen LogP contribution is -2.33. The minimum Gasteiger partial charge on any atom is -0.406 e. The summed E-state index contributed by atoms with van der Waals surface area (Å²) in [7, 11) is 2.04. The second-order valence-electron chi connectivity index (χ2n) is 6.72. The molecule has 0 spiro atoms. The molecular formula is C20H21F3N2O2. The van der Waals surface area contributed by atoms with Gasteiger partial charge in [0.25, 0.3) is 0 Å². The van der Waals surface area contributed by atoms with Crippen molar-refractivity contribution in [2.45, 2.75) is 19.2 Å². The molecule has 27 heavy (non-hydrogen) atoms. The van der Waals surface area contributed by atoms with Crippen LogP contribution in [0.3, 0.4) is 0 Å². The maximum absolute atomic E-state index is 12.7. The van der Waals surface area contributed by atoms with Crippen molar-refractivity contribution in [1.29, 1.82) is 0 Å². The van der Waals surface area contributed by atoms with Crippen LogP contribution in [0.1, 0.15) is 23.2 Å². The van der Waals surface area contributed by atoms with E-state index in [1.54, 1.807) is 30.3 Å². The average molecular weight is 378 g/mol. The van der Waals surface area contributed by atoms with E-state index in [0.29, 0.717) is 16.9 Å². The number of halogens is 3. The SMILES string of the molecule is CN1CCC(C(=O)c2cccc(Nc3cccc(OC(F)(F)F)c3)c2)CC1. The molecule has 0 radical (unpaired) electrons. The molecule has 2 aromatic rings. The molecule has 0 atom stereocenters. The smallest absolute Gasteiger partial charge is 0.406 e. The molecule has 1 fully saturated rings. The number of Topliss-reactive ketones (excluding diaryl/α,β-unsaturated/α-hetero) is 1. The number of nitrogens with one attached hydrogen (secondary N) is 1. The largest absolute Gasteiger partial charge is 0.573 e. The van der Waals surface area contributed by atoms with Crippen molar-refractivity contribution < 1.29 is 22.7 Å². The summed E-state index contributed by atoms with van der Waals surface area (Å²) in [6.45, 7) is 1.81. The molecule has 0 amide bonds. The number of alkyl halides is 3. The van der Waals surface area contributed by atoms with Crippen LogP contribution in [0.4, 0.5) is 24.5 Å². The highest BCUT2D eigenvalue weighted by molar-refractivity contribution is 5.98. The van der Waals surface area contributed by atoms with Crippen molar-refractivity contribution >= 4 is 17.2 Å². The first-order valence-corrected chi connectivity index (χ1v) is 8.76. The zero-order chi connectivity index (χ0) is 19.4. The molecule has 4 nitrogen and oxygen atoms in total. The van der Waals surface area contributed by atoms with Gasteiger partial charge in [-0.1, -0.05) is 18.2 Å². The number of carbonyl (C=O) groups excluding carboxylic acids is 1. The number of likely N-dealkylation sites (tertiary alicyclic amines) is 1. The van der Waals surface area contributed by atoms with Crippen molar-refractivity contribution in [3.8, 4) is 5.75 Å². The average Bonchev–Trinajstić information content (AvgIpc) is 2.61. The summed E-state index contributed by atoms with van der Waals surface area (Å²) in [4.78, 5) is 14.9. The van der Waals surface area contributed by atoms with Gasteiger partial charge in [0, 0.05) is 28.9 Å². The predicted octanol–water partition coefficient (Wildman–Crippen LogP) is 4.85. The quantitative estimate of drug-likeness (QED) is 0.755. The number of ether oxygens (including phenoxy) is 1. The fraction of sp³-hybridized carbons (Fsp3) is 0.350. The highest BCUT2D eigenvalue weighted by atomic mass is 19.4. The molecule has 1 heterocycles. The zero-order valence-corrected chi connectivity index (χ0v) is 14.9. The second kappa shape index (κ2) is 8.00. The summed E-state index contributed by atoms with van der Waals surface area (Å²) in [5.41, 5.74) is 1.69. The third kappa shape index (κ3) is 5.47. The molecule has 1 aliphatic heterocycles. The molecule has 7 heteroatoms. The van der Waals surface area contributed by atoms with Gasteiger partial charge in [-0.15, -0.1) is 13.2 Å². The summed E-state index contributed by atoms with van der Waals surface area (Å²) >= 11 is 0. The fourth-order valence-corrected chi connectivity index (χ4v) is 3.19. The van der Waals surface area contributed by atoms with Crippen LogP contribution in [0, 0.1) is 5.92 Å². The third-order valence-electron chi connectivity index (χ3n) is 4.59. The number of carbonyl (C=O) groups is 1. The van der Waals surface area contributed by atoms with Gasteiger partial charge in [-0.3, -0.25) is 4.79 Å². The number of hydrogen-bond donors (Lipinski definition) is 1. The number of nitrogens with zero attached hydrogens (tertiary/aromatic N) is 1. The first kappa shape index (κ1) is 19.2. The van der Waals surface area contributed by atoms with E-state index >= 15 is 0 Å². The van der Waals surface area contributed by atoms with Crippen LogP contribution in [0.25, 0.3) is 0 Å². The van der Waals surface area contributed by atoms with Gasteiger partial charge < -0.3 is 15.0 Å². The topological polar surface area (TPSA) is 41.6 Å². The van der Waals surface area contributed by atoms with Crippen LogP contribution in [0.15, 0.2) is 48.5 Å². The maximum Gasteiger partial charge on any atom is 0.573 e. The van der Waals surface area contributed by atoms with Gasteiger partial charge in [0.1, 0.15) is 5.75 Å². The Morgan fingerprint density at radius 2 is 1.70 bits per heavy atom. The molecule has 0 saturated carbocycles. The minimum atomic E-state index is -4.74. The van der Waals surface area contributed by atoms with E-state index in [0.717, 1.165) is 25.9 Å². The number of hydrogen-bond acceptors (Lipinski definition) is 4. The lowest BCUT2D eigenvalue weighted by Gasteiger charge is -2.28. The molecule has 1 aliphatic rings. The number of ketones is 1. The Kier molecular flexibility index (Phi) is 5.70. The Balaban J connectivity index is 1.71. The first-order chi connectivity index (χ1) is 12.8. The van der Waals surface area contributed by atoms with E-state index in [2.05, 4.69) is 15.0 Å². The minimum absolute atomic E-state index is 0.0139. The van der Waals surface area contributed by atoms with Gasteiger partial charge >= 0.3 is 6.36 Å². The molecule has 144 valence electrons. The van der Waals surface area contributed by atoms with E-state index in [4.69, 9.17) is 0 Å². The van der Waals surface area contributed by atoms with E-state index in [-0.39, 0.29) is 17.5 Å². The summed E-state index contributed by atoms with van der Waals surface area (Å²) in [5.74, 6) is -0.174. The van der Waals surface area contributed by atoms with Crippen LogP contribution < -0.4 is 10.1 Å². The van der Waals surface area contributed by atoms with E-state index < -0.39 is 6.36 Å². The maximum atomic E-state index is 12.7. The van der Waals surface area contributed by atoms with Crippen molar-refractivity contribution in [3.05, 3.63) is 54.1 Å². The van der Waals surface area contributed by atoms with E-state index in [1.807, 2.05) is 7.05 Å². The third-order valence-corrected chi connectivity index (χ3v) is 4.59. The number of rotatable bonds is 5. The van der Waals surface area contributed by atoms with E-state index in [1.165, 1.54) is 18.2 Å². The summed E-state index contributed by atoms with van der Waals surface area (Å²) in [6, 6.07) is 12.6. The number of benzene rings is 2. The summed E-state index contributed by atoms with van der Waals surface area (Å²) < 4.78 is 41.0. The van der Waals surface area contributed by atoms with Crippen molar-refractivity contribution in [3.63, 3.8) is 0 Å². The summed E-state index contributed by atoms with van der Waals surface area (Å²) in [6.07, 6.45) is -3.06. The summed E-state index contributed by atoms with van der Waals surface area (Å²) in [5, 5.41) is 3.03. The molecular weight excluding hydrogens is 357 g/mol. The van der Waals surface area contributed by atoms with Crippen LogP contribution >= 0.6 is 0 Å². The Morgan fingerprint density at radius 1 is 1.07 bits per heavy atom. The normalized spacial score (nSPS) is 16.1. The molecule has 0 aliphatic carbocycles. The van der Waals surface area contributed by atoms with Crippen molar-refractivity contribution in [1.82, 2.24) is 4.90 Å². The molecule has 0 unspecified atom stereocenters. The molecule has 1 N–H and O–H groups in total. The molecule has 2 aromatic carbocycles. The molecule has 0 bridgehead atoms. The number of piperidine rings is 1. The highest BCUT2D eigenvalue weighted by Gasteiger charge is 2.31. The van der Waals surface area contributed by atoms with E-state index in [9.17, 15) is 18.0 Å². The monoisotopic (exact) mass is 378 g/mol. The van der Waals surface area contributed by atoms with Crippen LogP contribution in [0.2, 0.25) is 0 Å². The van der Waals surface area contributed by atoms with Gasteiger partial charge in [0.2, 0.25) is 0 Å². The van der Waals surface area contributed by atoms with Crippen molar-refractivity contribution in [2.75, 3.05) is 25.5 Å². The Hall–Kier alpha value is -2.54. The van der Waals surface area contributed by atoms with Crippen LogP contribution in [0.5, 0.6) is 5.75 Å². The fourth-order valence-electron chi connectivity index (χ4n) is 3.19. The van der Waals surface area contributed by atoms with Gasteiger partial charge in [-0.2, -0.15) is 0 Å². The van der Waals surface area contributed by atoms with Gasteiger partial charge in [0.15, 0.2) is 5.78 Å². The Bertz CT molecular complexity index is 800. The van der Waals surface area contributed by atoms with Crippen LogP contribution in [-0.4, -0.2) is 37.2 Å². The molecule has 1 saturated heterocycles. The zero-order valence-electron chi connectivity index (χ0n) is 14.9. The van der Waals surface area contributed by atoms with Crippen molar-refractivity contribution in [2.24, 2.45) is 5.92 Å². The highest BCUT2D eigenvalue weighted by Crippen LogP contribution is 2.28. The molecule has 0 aromatic heterocycles. The lowest BCUT2D eigenvalue weighted by molar-refractivity contribution is -0.274. The van der Waals surface area contributed by atoms with Gasteiger partial charge in [-0.25, -0.2) is 0 Å². The number of anilines is 2. The predicted molar refractivity (Wildman–Crippen MR) is 97.4 cm³/mol. The molecule has 3 rings (SSSR count). The lowest BCUT2D eigenvalue weighted by atomic mass is 9.89. The standard InChI is InChI=1S/C20H21F3N2O2/c1-25-10-8-14(9-11-25)19(26)15-4-2-5-16(12-15)24-17-6-3-7-18(13-17)27-20(21,22)23/h2-7,12-14,24H,8-11H2,1H3. The van der Waals surface area contributed by atoms with Crippen LogP contribution in [-0.2, 0) is 0 Å². The van der Waals surface area contributed by atoms with Gasteiger partial charge in [0.05, 0.1) is 0 Å². The van der Waals surface area contributed by atoms with Gasteiger partial charge in [-0.05, 0) is 57.2 Å². The Labute approximate surface area is 155 Å². The first-order valence-electron chi connectivity index (χ1n) is 8.76.